The van der Waals surface area contributed by atoms with Crippen molar-refractivity contribution in [2.45, 2.75) is 0 Å². The normalized spacial score (nSPS) is 9.69. The maximum atomic E-state index is 10.4. The fourth-order valence-electron chi connectivity index (χ4n) is 0.737. The molecule has 4 nitrogen and oxygen atoms in total. The van der Waals surface area contributed by atoms with Gasteiger partial charge in [0, 0.05) is 11.0 Å². The maximum Gasteiger partial charge on any atom is 1.00 e. The van der Waals surface area contributed by atoms with Crippen molar-refractivity contribution in [3.05, 3.63) is 24.3 Å². The van der Waals surface area contributed by atoms with Crippen molar-refractivity contribution in [2.75, 3.05) is 5.73 Å². The predicted molar refractivity (Wildman–Crippen MR) is 38.1 cm³/mol. The van der Waals surface area contributed by atoms with Gasteiger partial charge in [-0.15, -0.1) is 0 Å². The van der Waals surface area contributed by atoms with Crippen LogP contribution in [-0.2, 0) is 4.57 Å². The average molecular weight is 342 g/mol. The molecule has 0 heterocycles. The molecule has 1 aromatic carbocycles. The third-order valence-electron chi connectivity index (χ3n) is 1.23. The van der Waals surface area contributed by atoms with Gasteiger partial charge in [-0.25, -0.2) is 0 Å². The van der Waals surface area contributed by atoms with Crippen LogP contribution in [0, 0.1) is 0 Å². The van der Waals surface area contributed by atoms with Gasteiger partial charge in [-0.3, -0.25) is 0 Å². The van der Waals surface area contributed by atoms with E-state index in [0.29, 0.717) is 0 Å². The van der Waals surface area contributed by atoms with Gasteiger partial charge in [0.1, 0.15) is 0 Å². The van der Waals surface area contributed by atoms with Crippen LogP contribution in [0.2, 0.25) is 0 Å². The van der Waals surface area contributed by atoms with E-state index < -0.39 is 7.60 Å². The molecule has 0 fully saturated rings. The number of nitrogen functional groups attached to an aromatic ring is 1. The van der Waals surface area contributed by atoms with Crippen molar-refractivity contribution in [3.8, 4) is 0 Å². The number of hydrogen-bond donors (Lipinski definition) is 1. The molecule has 7 heteroatoms. The van der Waals surface area contributed by atoms with E-state index in [1.54, 1.807) is 6.07 Å². The molecule has 2 N–H and O–H groups in total. The number of hydrogen-bond acceptors (Lipinski definition) is 4. The summed E-state index contributed by atoms with van der Waals surface area (Å²) < 4.78 is 10.4. The van der Waals surface area contributed by atoms with Gasteiger partial charge >= 0.3 is 116 Å². The Bertz CT molecular complexity index is 315. The minimum Gasteiger partial charge on any atom is -0.807 e. The molecular weight excluding hydrogens is 336 g/mol. The Morgan fingerprint density at radius 2 is 1.62 bits per heavy atom. The molecule has 0 amide bonds. The topological polar surface area (TPSA) is 89.2 Å². The summed E-state index contributed by atoms with van der Waals surface area (Å²) in [6, 6.07) is 5.58. The Labute approximate surface area is 174 Å². The van der Waals surface area contributed by atoms with Crippen molar-refractivity contribution in [2.24, 2.45) is 0 Å². The van der Waals surface area contributed by atoms with Crippen LogP contribution < -0.4 is 137 Å². The molecule has 0 aliphatic heterocycles. The average Bonchev–Trinajstić information content (AvgIpc) is 1.86. The van der Waals surface area contributed by atoms with Gasteiger partial charge in [0.15, 0.2) is 0 Å². The van der Waals surface area contributed by atoms with Crippen LogP contribution in [-0.4, -0.2) is 0 Å². The van der Waals surface area contributed by atoms with Crippen LogP contribution in [0.25, 0.3) is 0 Å². The first-order valence-corrected chi connectivity index (χ1v) is 4.43. The summed E-state index contributed by atoms with van der Waals surface area (Å²) in [6.45, 7) is 0. The third-order valence-corrected chi connectivity index (χ3v) is 2.23. The van der Waals surface area contributed by atoms with Crippen LogP contribution in [0.1, 0.15) is 0 Å². The van der Waals surface area contributed by atoms with Gasteiger partial charge in [-0.05, 0) is 13.7 Å². The Morgan fingerprint density at radius 3 is 1.92 bits per heavy atom. The van der Waals surface area contributed by atoms with Crippen LogP contribution in [0.15, 0.2) is 24.3 Å². The van der Waals surface area contributed by atoms with E-state index in [2.05, 4.69) is 0 Å². The molecule has 0 aromatic heterocycles. The monoisotopic (exact) mass is 341 g/mol. The number of rotatable bonds is 1. The van der Waals surface area contributed by atoms with Gasteiger partial charge in [0.05, 0.1) is 0 Å². The van der Waals surface area contributed by atoms with Crippen molar-refractivity contribution >= 4 is 18.6 Å². The van der Waals surface area contributed by atoms with Crippen LogP contribution >= 0.6 is 7.60 Å². The summed E-state index contributed by atoms with van der Waals surface area (Å²) >= 11 is 0. The van der Waals surface area contributed by atoms with Crippen molar-refractivity contribution in [3.63, 3.8) is 0 Å². The molecule has 1 aromatic rings. The molecule has 0 saturated carbocycles. The standard InChI is InChI=1S/C6H8NO3P.2Rb/c7-5-3-1-2-4-6(5)11(8,9)10;;/h1-4H,7H2,(H2,8,9,10);;/q;2*+1/p-2. The first-order valence-electron chi connectivity index (χ1n) is 2.89. The minimum absolute atomic E-state index is 0. The molecule has 0 aliphatic carbocycles. The van der Waals surface area contributed by atoms with Crippen LogP contribution in [0.5, 0.6) is 0 Å². The Hall–Kier alpha value is 2.78. The second-order valence-electron chi connectivity index (χ2n) is 2.06. The van der Waals surface area contributed by atoms with Crippen LogP contribution in [0.4, 0.5) is 5.69 Å². The number of benzene rings is 1. The molecule has 1 rings (SSSR count). The SMILES string of the molecule is Nc1ccccc1P(=O)([O-])[O-].[Rb+].[Rb+]. The van der Waals surface area contributed by atoms with Gasteiger partial charge in [0.25, 0.3) is 0 Å². The van der Waals surface area contributed by atoms with E-state index in [1.807, 2.05) is 0 Å². The molecule has 0 saturated heterocycles. The molecular formula is C6H6NO3PRb2. The van der Waals surface area contributed by atoms with Crippen LogP contribution in [0.3, 0.4) is 0 Å². The molecule has 0 unspecified atom stereocenters. The largest absolute Gasteiger partial charge is 1.00 e. The zero-order valence-electron chi connectivity index (χ0n) is 7.56. The first kappa shape index (κ1) is 18.2. The number of anilines is 1. The van der Waals surface area contributed by atoms with E-state index in [9.17, 15) is 14.4 Å². The van der Waals surface area contributed by atoms with Gasteiger partial charge in [-0.1, -0.05) is 18.2 Å². The molecule has 0 aliphatic rings. The quantitative estimate of drug-likeness (QED) is 0.406. The van der Waals surface area contributed by atoms with E-state index in [1.165, 1.54) is 18.2 Å². The van der Waals surface area contributed by atoms with Crippen molar-refractivity contribution in [1.82, 2.24) is 0 Å². The fraction of sp³-hybridized carbons (Fsp3) is 0. The summed E-state index contributed by atoms with van der Waals surface area (Å²) in [5.74, 6) is 0. The zero-order valence-corrected chi connectivity index (χ0v) is 18.3. The summed E-state index contributed by atoms with van der Waals surface area (Å²) in [6.07, 6.45) is 0. The maximum absolute atomic E-state index is 10.4. The summed E-state index contributed by atoms with van der Waals surface area (Å²) in [5.41, 5.74) is 5.24. The third kappa shape index (κ3) is 6.17. The van der Waals surface area contributed by atoms with Gasteiger partial charge in [0.2, 0.25) is 0 Å². The van der Waals surface area contributed by atoms with Crippen molar-refractivity contribution in [1.29, 1.82) is 0 Å². The molecule has 0 atom stereocenters. The number of para-hydroxylation sites is 1. The Morgan fingerprint density at radius 1 is 1.15 bits per heavy atom. The molecule has 0 radical (unpaired) electrons. The molecule has 0 spiro atoms. The van der Waals surface area contributed by atoms with Crippen molar-refractivity contribution < 1.29 is 131 Å². The van der Waals surface area contributed by atoms with Gasteiger partial charge in [-0.2, -0.15) is 0 Å². The van der Waals surface area contributed by atoms with Gasteiger partial charge < -0.3 is 20.1 Å². The second kappa shape index (κ2) is 7.96. The smallest absolute Gasteiger partial charge is 0.807 e. The molecule has 0 bridgehead atoms. The van der Waals surface area contributed by atoms with E-state index in [-0.39, 0.29) is 127 Å². The number of nitrogens with two attached hydrogens (primary N) is 1. The Balaban J connectivity index is 0. The summed E-state index contributed by atoms with van der Waals surface area (Å²) in [7, 11) is -4.68. The van der Waals surface area contributed by atoms with E-state index in [0.717, 1.165) is 0 Å². The summed E-state index contributed by atoms with van der Waals surface area (Å²) in [5, 5.41) is -0.333. The second-order valence-corrected chi connectivity index (χ2v) is 3.53. The predicted octanol–water partition coefficient (Wildman–Crippen LogP) is -7.18. The first-order chi connectivity index (χ1) is 5.02. The fourth-order valence-corrected chi connectivity index (χ4v) is 1.40. The van der Waals surface area contributed by atoms with E-state index in [4.69, 9.17) is 5.73 Å². The molecule has 60 valence electrons. The van der Waals surface area contributed by atoms with E-state index >= 15 is 0 Å². The summed E-state index contributed by atoms with van der Waals surface area (Å²) in [4.78, 5) is 20.9. The molecule has 13 heavy (non-hydrogen) atoms. The minimum atomic E-state index is -4.68. The zero-order chi connectivity index (χ0) is 8.48. The Kier molecular flexibility index (Phi) is 11.1.